The van der Waals surface area contributed by atoms with Gasteiger partial charge in [-0.1, -0.05) is 36.4 Å². The Morgan fingerprint density at radius 1 is 1.15 bits per heavy atom. The summed E-state index contributed by atoms with van der Waals surface area (Å²) in [6.07, 6.45) is 1.58. The number of nitrogens with zero attached hydrogens (tertiary/aromatic N) is 2. The predicted octanol–water partition coefficient (Wildman–Crippen LogP) is 5.30. The molecule has 1 unspecified atom stereocenters. The van der Waals surface area contributed by atoms with Gasteiger partial charge in [0, 0.05) is 6.54 Å². The number of rotatable bonds is 2. The van der Waals surface area contributed by atoms with Crippen LogP contribution in [-0.2, 0) is 4.74 Å². The Morgan fingerprint density at radius 2 is 1.93 bits per heavy atom. The number of ether oxygens (including phenoxy) is 1. The molecule has 0 radical (unpaired) electrons. The van der Waals surface area contributed by atoms with E-state index in [0.29, 0.717) is 6.54 Å². The Hall–Kier alpha value is -2.82. The lowest BCUT2D eigenvalue weighted by atomic mass is 10.1. The zero-order valence-electron chi connectivity index (χ0n) is 16.0. The Morgan fingerprint density at radius 3 is 2.67 bits per heavy atom. The van der Waals surface area contributed by atoms with Gasteiger partial charge in [-0.2, -0.15) is 0 Å². The van der Waals surface area contributed by atoms with Crippen molar-refractivity contribution in [2.75, 3.05) is 6.54 Å². The lowest BCUT2D eigenvalue weighted by molar-refractivity contribution is 0.0219. The summed E-state index contributed by atoms with van der Waals surface area (Å²) < 4.78 is 5.57. The smallest absolute Gasteiger partial charge is 0.410 e. The number of benzene rings is 2. The molecular formula is C22H25N3O2. The van der Waals surface area contributed by atoms with Gasteiger partial charge < -0.3 is 9.72 Å². The number of hydrogen-bond acceptors (Lipinski definition) is 3. The Labute approximate surface area is 159 Å². The molecule has 1 N–H and O–H groups in total. The van der Waals surface area contributed by atoms with Crippen LogP contribution < -0.4 is 0 Å². The molecule has 1 aliphatic heterocycles. The number of amides is 1. The van der Waals surface area contributed by atoms with Crippen molar-refractivity contribution in [1.82, 2.24) is 14.9 Å². The minimum absolute atomic E-state index is 0.0626. The summed E-state index contributed by atoms with van der Waals surface area (Å²) in [6, 6.07) is 16.5. The van der Waals surface area contributed by atoms with Crippen molar-refractivity contribution >= 4 is 17.1 Å². The molecule has 2 heterocycles. The second kappa shape index (κ2) is 6.72. The minimum Gasteiger partial charge on any atom is -0.444 e. The van der Waals surface area contributed by atoms with E-state index in [1.807, 2.05) is 45.0 Å². The maximum Gasteiger partial charge on any atom is 0.410 e. The average molecular weight is 363 g/mol. The molecule has 1 amide bonds. The topological polar surface area (TPSA) is 58.2 Å². The van der Waals surface area contributed by atoms with Gasteiger partial charge in [0.2, 0.25) is 0 Å². The normalized spacial score (nSPS) is 17.4. The molecule has 3 aromatic rings. The number of carbonyl (C=O) groups is 1. The van der Waals surface area contributed by atoms with Gasteiger partial charge in [0.1, 0.15) is 11.4 Å². The first-order valence-electron chi connectivity index (χ1n) is 9.45. The first-order chi connectivity index (χ1) is 12.9. The zero-order valence-corrected chi connectivity index (χ0v) is 16.0. The summed E-state index contributed by atoms with van der Waals surface area (Å²) in [5.41, 5.74) is 3.73. The monoisotopic (exact) mass is 363 g/mol. The first-order valence-corrected chi connectivity index (χ1v) is 9.45. The third-order valence-corrected chi connectivity index (χ3v) is 4.80. The molecule has 1 aliphatic rings. The molecule has 1 atom stereocenters. The molecule has 140 valence electrons. The lowest BCUT2D eigenvalue weighted by Crippen LogP contribution is -2.36. The number of aromatic nitrogens is 2. The minimum atomic E-state index is -0.497. The van der Waals surface area contributed by atoms with E-state index < -0.39 is 5.60 Å². The summed E-state index contributed by atoms with van der Waals surface area (Å²) in [5.74, 6) is 0.832. The molecule has 2 aromatic carbocycles. The van der Waals surface area contributed by atoms with Crippen LogP contribution in [0.2, 0.25) is 0 Å². The number of imidazole rings is 1. The fourth-order valence-corrected chi connectivity index (χ4v) is 3.59. The number of carbonyl (C=O) groups excluding carboxylic acids is 1. The number of hydrogen-bond donors (Lipinski definition) is 1. The molecule has 1 saturated heterocycles. The predicted molar refractivity (Wildman–Crippen MR) is 106 cm³/mol. The van der Waals surface area contributed by atoms with Gasteiger partial charge in [0.05, 0.1) is 17.1 Å². The molecule has 27 heavy (non-hydrogen) atoms. The molecular weight excluding hydrogens is 338 g/mol. The van der Waals surface area contributed by atoms with Crippen molar-refractivity contribution in [3.8, 4) is 11.1 Å². The first kappa shape index (κ1) is 17.6. The summed E-state index contributed by atoms with van der Waals surface area (Å²) >= 11 is 0. The van der Waals surface area contributed by atoms with Crippen molar-refractivity contribution in [1.29, 1.82) is 0 Å². The van der Waals surface area contributed by atoms with Crippen LogP contribution in [0.5, 0.6) is 0 Å². The van der Waals surface area contributed by atoms with Gasteiger partial charge >= 0.3 is 6.09 Å². The Bertz CT molecular complexity index is 957. The highest BCUT2D eigenvalue weighted by atomic mass is 16.6. The molecule has 4 rings (SSSR count). The van der Waals surface area contributed by atoms with E-state index in [4.69, 9.17) is 9.72 Å². The molecule has 0 saturated carbocycles. The van der Waals surface area contributed by atoms with Crippen LogP contribution in [0, 0.1) is 0 Å². The lowest BCUT2D eigenvalue weighted by Gasteiger charge is -2.27. The Balaban J connectivity index is 1.62. The van der Waals surface area contributed by atoms with Crippen molar-refractivity contribution < 1.29 is 9.53 Å². The van der Waals surface area contributed by atoms with E-state index in [-0.39, 0.29) is 12.1 Å². The molecule has 0 aliphatic carbocycles. The van der Waals surface area contributed by atoms with Crippen molar-refractivity contribution in [3.63, 3.8) is 0 Å². The van der Waals surface area contributed by atoms with Crippen molar-refractivity contribution in [2.24, 2.45) is 0 Å². The average Bonchev–Trinajstić information content (AvgIpc) is 3.27. The van der Waals surface area contributed by atoms with Gasteiger partial charge in [-0.05, 0) is 56.9 Å². The third-order valence-electron chi connectivity index (χ3n) is 4.80. The van der Waals surface area contributed by atoms with Crippen LogP contribution in [0.4, 0.5) is 4.79 Å². The van der Waals surface area contributed by atoms with E-state index in [9.17, 15) is 4.79 Å². The highest BCUT2D eigenvalue weighted by Gasteiger charge is 2.34. The molecule has 0 bridgehead atoms. The molecule has 0 spiro atoms. The van der Waals surface area contributed by atoms with E-state index >= 15 is 0 Å². The van der Waals surface area contributed by atoms with Gasteiger partial charge in [-0.3, -0.25) is 4.90 Å². The fraction of sp³-hybridized carbons (Fsp3) is 0.364. The van der Waals surface area contributed by atoms with E-state index in [1.165, 1.54) is 5.56 Å². The molecule has 5 nitrogen and oxygen atoms in total. The maximum atomic E-state index is 12.6. The van der Waals surface area contributed by atoms with Gasteiger partial charge in [-0.25, -0.2) is 9.78 Å². The van der Waals surface area contributed by atoms with Crippen LogP contribution in [0.3, 0.4) is 0 Å². The van der Waals surface area contributed by atoms with Gasteiger partial charge in [0.15, 0.2) is 0 Å². The summed E-state index contributed by atoms with van der Waals surface area (Å²) in [6.45, 7) is 6.37. The van der Waals surface area contributed by atoms with E-state index in [0.717, 1.165) is 35.3 Å². The Kier molecular flexibility index (Phi) is 4.38. The number of fused-ring (bicyclic) bond motifs is 1. The molecule has 1 fully saturated rings. The van der Waals surface area contributed by atoms with Gasteiger partial charge in [-0.15, -0.1) is 0 Å². The highest BCUT2D eigenvalue weighted by molar-refractivity contribution is 5.82. The fourth-order valence-electron chi connectivity index (χ4n) is 3.59. The standard InChI is InChI=1S/C22H25N3O2/c1-22(2,3)27-21(26)25-13-7-10-19(25)20-23-17-12-11-16(14-18(17)24-20)15-8-5-4-6-9-15/h4-6,8-9,11-12,14,19H,7,10,13H2,1-3H3,(H,23,24). The highest BCUT2D eigenvalue weighted by Crippen LogP contribution is 2.33. The van der Waals surface area contributed by atoms with Crippen molar-refractivity contribution in [2.45, 2.75) is 45.3 Å². The summed E-state index contributed by atoms with van der Waals surface area (Å²) in [5, 5.41) is 0. The maximum absolute atomic E-state index is 12.6. The van der Waals surface area contributed by atoms with Crippen LogP contribution >= 0.6 is 0 Å². The largest absolute Gasteiger partial charge is 0.444 e. The molecule has 1 aromatic heterocycles. The third kappa shape index (κ3) is 3.68. The van der Waals surface area contributed by atoms with Crippen molar-refractivity contribution in [3.05, 3.63) is 54.4 Å². The van der Waals surface area contributed by atoms with Gasteiger partial charge in [0.25, 0.3) is 0 Å². The summed E-state index contributed by atoms with van der Waals surface area (Å²) in [4.78, 5) is 22.5. The summed E-state index contributed by atoms with van der Waals surface area (Å²) in [7, 11) is 0. The molecule has 5 heteroatoms. The quantitative estimate of drug-likeness (QED) is 0.672. The number of aromatic amines is 1. The second-order valence-corrected chi connectivity index (χ2v) is 8.05. The number of nitrogens with one attached hydrogen (secondary N) is 1. The second-order valence-electron chi connectivity index (χ2n) is 8.05. The zero-order chi connectivity index (χ0) is 19.0. The van der Waals surface area contributed by atoms with Crippen LogP contribution in [0.1, 0.15) is 45.5 Å². The number of H-pyrrole nitrogens is 1. The van der Waals surface area contributed by atoms with Crippen LogP contribution in [-0.4, -0.2) is 33.1 Å². The van der Waals surface area contributed by atoms with E-state index in [1.54, 1.807) is 4.90 Å². The SMILES string of the molecule is CC(C)(C)OC(=O)N1CCCC1c1nc2ccc(-c3ccccc3)cc2[nH]1. The van der Waals surface area contributed by atoms with Crippen LogP contribution in [0.25, 0.3) is 22.2 Å². The van der Waals surface area contributed by atoms with Crippen LogP contribution in [0.15, 0.2) is 48.5 Å². The number of likely N-dealkylation sites (tertiary alicyclic amines) is 1. The van der Waals surface area contributed by atoms with E-state index in [2.05, 4.69) is 29.2 Å².